The standard InChI is InChI=1S/C28H23ClF3N5O2.C27H18Cl2F3N3O.C26H18ClF3N4O.C25H20ClN5O2/c1-36-16-33-15-23(36)27(38,19-10-12-22(34-14-19)28(30,31)32)18-9-11-21-20(13-18)25(29)24(17-7-5-4-6-8-17)26(35-21)37(2)39-3;1-35-15-33-14-22(35)26(36,17-7-10-19(28)11-8-17)18-9-12-21-20(13-18)24(29)23(16-5-3-2-4-6-16)25(34-21)27(30,31)32;1-34-15-31-14-21(34)25(35,20-9-5-6-12-32-20)17-10-11-19-18(13-17)23(27)22(16-7-3-2-4-8-16)24(33-19)26(28,29)30;1-31-15-27-14-20(31)25(32,24-28-11-6-12-29-24)17-9-10-19-18(13-17)22(26)21(23(30-19)33-2)16-7-4-3-5-8-16/h4-16,38H,1-3H3;2-15,36H,1H3;2-15,35H,1H3;3-15,32H,1-2H3. The monoisotopic (exact) mass is 2030 g/mol. The van der Waals surface area contributed by atoms with Crippen LogP contribution in [0.2, 0.25) is 25.1 Å². The fraction of sp³-hybridized carbons (Fsp3) is 0.132. The fourth-order valence-corrected chi connectivity index (χ4v) is 18.7. The highest BCUT2D eigenvalue weighted by Crippen LogP contribution is 2.51. The van der Waals surface area contributed by atoms with Crippen LogP contribution in [0.15, 0.2) is 330 Å². The molecule has 143 heavy (non-hydrogen) atoms. The van der Waals surface area contributed by atoms with Crippen LogP contribution >= 0.6 is 58.0 Å². The molecule has 11 aromatic heterocycles. The van der Waals surface area contributed by atoms with Crippen molar-refractivity contribution in [2.75, 3.05) is 26.3 Å². The average Bonchev–Trinajstić information content (AvgIpc) is 1.46. The molecule has 0 aliphatic rings. The number of fused-ring (bicyclic) bond motifs is 4. The number of methoxy groups -OCH3 is 1. The summed E-state index contributed by atoms with van der Waals surface area (Å²) in [6.45, 7) is 0. The first-order valence-electron chi connectivity index (χ1n) is 43.4. The number of rotatable bonds is 19. The van der Waals surface area contributed by atoms with Gasteiger partial charge in [-0.25, -0.2) is 54.9 Å². The zero-order valence-electron chi connectivity index (χ0n) is 76.2. The minimum atomic E-state index is -4.72. The molecule has 0 saturated heterocycles. The lowest BCUT2D eigenvalue weighted by atomic mass is 9.83. The maximum absolute atomic E-state index is 14.0. The van der Waals surface area contributed by atoms with Gasteiger partial charge in [-0.1, -0.05) is 228 Å². The molecule has 4 N–H and O–H groups in total. The molecule has 0 spiro atoms. The van der Waals surface area contributed by atoms with Crippen molar-refractivity contribution in [1.82, 2.24) is 78.1 Å². The van der Waals surface area contributed by atoms with Gasteiger partial charge in [0.1, 0.15) is 5.69 Å². The summed E-state index contributed by atoms with van der Waals surface area (Å²) in [6, 6.07) is 70.3. The quantitative estimate of drug-likeness (QED) is 0.0432. The molecule has 4 unspecified atom stereocenters. The third kappa shape index (κ3) is 19.0. The van der Waals surface area contributed by atoms with Gasteiger partial charge < -0.3 is 43.4 Å². The molecule has 0 radical (unpaired) electrons. The second kappa shape index (κ2) is 40.2. The topological polar surface area (TPSA) is 277 Å². The molecule has 722 valence electrons. The van der Waals surface area contributed by atoms with Gasteiger partial charge in [0.25, 0.3) is 0 Å². The fourth-order valence-electron chi connectivity index (χ4n) is 17.2. The van der Waals surface area contributed by atoms with Gasteiger partial charge in [0.15, 0.2) is 45.4 Å². The highest BCUT2D eigenvalue weighted by Gasteiger charge is 2.46. The lowest BCUT2D eigenvalue weighted by Crippen LogP contribution is -2.33. The van der Waals surface area contributed by atoms with Crippen molar-refractivity contribution >= 4 is 107 Å². The zero-order valence-corrected chi connectivity index (χ0v) is 80.0. The smallest absolute Gasteiger partial charge is 0.434 e. The third-order valence-electron chi connectivity index (χ3n) is 24.3. The van der Waals surface area contributed by atoms with E-state index in [0.29, 0.717) is 116 Å². The molecule has 11 heterocycles. The summed E-state index contributed by atoms with van der Waals surface area (Å²) >= 11 is 33.4. The summed E-state index contributed by atoms with van der Waals surface area (Å²) in [6.07, 6.45) is 4.01. The molecule has 20 aromatic rings. The molecule has 23 nitrogen and oxygen atoms in total. The van der Waals surface area contributed by atoms with E-state index in [-0.39, 0.29) is 65.5 Å². The van der Waals surface area contributed by atoms with Crippen molar-refractivity contribution in [1.29, 1.82) is 0 Å². The lowest BCUT2D eigenvalue weighted by molar-refractivity contribution is -0.141. The van der Waals surface area contributed by atoms with Crippen molar-refractivity contribution in [3.8, 4) is 50.4 Å². The molecule has 37 heteroatoms. The van der Waals surface area contributed by atoms with E-state index in [1.165, 1.54) is 67.4 Å². The average molecular weight is 2040 g/mol. The summed E-state index contributed by atoms with van der Waals surface area (Å²) in [7, 11) is 11.8. The molecule has 0 saturated carbocycles. The van der Waals surface area contributed by atoms with Gasteiger partial charge in [-0.15, -0.1) is 0 Å². The van der Waals surface area contributed by atoms with Crippen LogP contribution in [-0.2, 0) is 74.0 Å². The van der Waals surface area contributed by atoms with E-state index in [2.05, 4.69) is 54.8 Å². The number of halogens is 14. The van der Waals surface area contributed by atoms with E-state index in [9.17, 15) is 59.9 Å². The van der Waals surface area contributed by atoms with E-state index >= 15 is 0 Å². The van der Waals surface area contributed by atoms with Gasteiger partial charge in [0.05, 0.1) is 141 Å². The molecule has 0 aliphatic carbocycles. The SMILES string of the molecule is CON(C)c1nc2ccc(C(O)(c3ccc(C(F)(F)F)nc3)c3cncn3C)cc2c(Cl)c1-c1ccccc1.COc1nc2ccc(C(O)(c3ncccn3)c3cncn3C)cc2c(Cl)c1-c1ccccc1.Cn1cncc1C(O)(c1ccc(Cl)cc1)c1ccc2nc(C(F)(F)F)c(-c3ccccc3)c(Cl)c2c1.Cn1cncc1C(O)(c1ccc2nc(C(F)(F)F)c(-c3ccccc3)c(Cl)c2c1)c1ccccn1. The summed E-state index contributed by atoms with van der Waals surface area (Å²) in [5.41, 5.74) is -1.54. The Morgan fingerprint density at radius 3 is 1.03 bits per heavy atom. The molecular weight excluding hydrogens is 1960 g/mol. The number of hydroxylamine groups is 1. The van der Waals surface area contributed by atoms with E-state index in [1.807, 2.05) is 73.8 Å². The second-order valence-electron chi connectivity index (χ2n) is 32.9. The maximum Gasteiger partial charge on any atom is 0.434 e. The van der Waals surface area contributed by atoms with Crippen molar-refractivity contribution < 1.29 is 69.5 Å². The van der Waals surface area contributed by atoms with Gasteiger partial charge >= 0.3 is 18.5 Å². The van der Waals surface area contributed by atoms with Crippen LogP contribution in [0.4, 0.5) is 45.3 Å². The van der Waals surface area contributed by atoms with Gasteiger partial charge in [-0.3, -0.25) is 14.8 Å². The Morgan fingerprint density at radius 2 is 0.657 bits per heavy atom. The van der Waals surface area contributed by atoms with Gasteiger partial charge in [0, 0.05) is 109 Å². The van der Waals surface area contributed by atoms with Crippen molar-refractivity contribution in [3.05, 3.63) is 440 Å². The molecule has 20 rings (SSSR count). The van der Waals surface area contributed by atoms with Gasteiger partial charge in [0.2, 0.25) is 5.88 Å². The Morgan fingerprint density at radius 1 is 0.315 bits per heavy atom. The van der Waals surface area contributed by atoms with Crippen LogP contribution < -0.4 is 9.80 Å². The van der Waals surface area contributed by atoms with Crippen LogP contribution in [0.1, 0.15) is 84.8 Å². The van der Waals surface area contributed by atoms with Crippen LogP contribution in [0, 0.1) is 0 Å². The first-order chi connectivity index (χ1) is 68.4. The molecule has 0 aliphatic heterocycles. The Hall–Kier alpha value is -14.9. The van der Waals surface area contributed by atoms with E-state index in [1.54, 1.807) is 249 Å². The van der Waals surface area contributed by atoms with E-state index in [4.69, 9.17) is 72.6 Å². The lowest BCUT2D eigenvalue weighted by Gasteiger charge is -2.30. The first kappa shape index (κ1) is 99.6. The predicted octanol–water partition coefficient (Wildman–Crippen LogP) is 23.6. The number of anilines is 1. The number of imidazole rings is 4. The number of ether oxygens (including phenoxy) is 1. The van der Waals surface area contributed by atoms with Crippen molar-refractivity contribution in [2.45, 2.75) is 40.9 Å². The molecular formula is C106H79Cl5F9N17O6. The highest BCUT2D eigenvalue weighted by molar-refractivity contribution is 6.40. The number of benzene rings is 9. The van der Waals surface area contributed by atoms with Crippen molar-refractivity contribution in [2.24, 2.45) is 28.2 Å². The number of hydrogen-bond acceptors (Lipinski definition) is 19. The van der Waals surface area contributed by atoms with Crippen LogP contribution in [-0.4, -0.2) is 120 Å². The first-order valence-corrected chi connectivity index (χ1v) is 45.3. The molecule has 4 atom stereocenters. The minimum Gasteiger partial charge on any atom is -0.480 e. The summed E-state index contributed by atoms with van der Waals surface area (Å²) in [5, 5.41) is 52.9. The molecule has 0 bridgehead atoms. The minimum absolute atomic E-state index is 0.0548. The third-order valence-corrected chi connectivity index (χ3v) is 26.1. The Kier molecular flexibility index (Phi) is 28.0. The Labute approximate surface area is 835 Å². The normalized spacial score (nSPS) is 13.5. The predicted molar refractivity (Wildman–Crippen MR) is 529 cm³/mol. The summed E-state index contributed by atoms with van der Waals surface area (Å²) in [5.74, 6) is 1.15. The summed E-state index contributed by atoms with van der Waals surface area (Å²) < 4.78 is 136. The highest BCUT2D eigenvalue weighted by atomic mass is 35.5. The second-order valence-corrected chi connectivity index (χ2v) is 34.9. The summed E-state index contributed by atoms with van der Waals surface area (Å²) in [4.78, 5) is 55.9. The number of aryl methyl sites for hydroxylation is 4. The number of hydrogen-bond donors (Lipinski definition) is 4. The zero-order chi connectivity index (χ0) is 101. The Bertz CT molecular complexity index is 8050. The molecule has 0 amide bonds. The maximum atomic E-state index is 14.0. The van der Waals surface area contributed by atoms with E-state index in [0.717, 1.165) is 23.4 Å². The van der Waals surface area contributed by atoms with Crippen molar-refractivity contribution in [3.63, 3.8) is 0 Å². The van der Waals surface area contributed by atoms with Gasteiger partial charge in [-0.05, 0) is 135 Å². The van der Waals surface area contributed by atoms with E-state index < -0.39 is 58.0 Å². The van der Waals surface area contributed by atoms with Crippen LogP contribution in [0.5, 0.6) is 5.88 Å². The number of pyridine rings is 6. The largest absolute Gasteiger partial charge is 0.480 e. The number of aromatic nitrogens is 16. The number of aliphatic hydroxyl groups is 4. The van der Waals surface area contributed by atoms with Crippen LogP contribution in [0.25, 0.3) is 88.1 Å². The number of alkyl halides is 9. The Balaban J connectivity index is 0.000000131. The molecule has 0 fully saturated rings. The van der Waals surface area contributed by atoms with Gasteiger partial charge in [-0.2, -0.15) is 39.5 Å². The number of nitrogens with zero attached hydrogens (tertiary/aromatic N) is 17. The van der Waals surface area contributed by atoms with Crippen LogP contribution in [0.3, 0.4) is 0 Å². The molecule has 9 aromatic carbocycles.